The van der Waals surface area contributed by atoms with Crippen LogP contribution in [0.15, 0.2) is 42.5 Å². The number of carbonyl (C=O) groups is 1. The van der Waals surface area contributed by atoms with E-state index in [-0.39, 0.29) is 0 Å². The molecule has 0 aliphatic rings. The molecule has 0 radical (unpaired) electrons. The third-order valence-corrected chi connectivity index (χ3v) is 4.97. The maximum atomic E-state index is 12.4. The van der Waals surface area contributed by atoms with Gasteiger partial charge in [0.1, 0.15) is 16.4 Å². The second-order valence-electron chi connectivity index (χ2n) is 4.76. The summed E-state index contributed by atoms with van der Waals surface area (Å²) in [5.41, 5.74) is 0.898. The number of thiophene rings is 1. The molecule has 0 aliphatic carbocycles. The SMILES string of the molecule is COc1ccc2sc(C(=O)Oc3ccccc3C)c(Cl)c2c1. The number of halogens is 1. The highest BCUT2D eigenvalue weighted by Gasteiger charge is 2.20. The van der Waals surface area contributed by atoms with Gasteiger partial charge in [0.2, 0.25) is 0 Å². The summed E-state index contributed by atoms with van der Waals surface area (Å²) in [6.07, 6.45) is 0. The Morgan fingerprint density at radius 3 is 2.68 bits per heavy atom. The Labute approximate surface area is 137 Å². The van der Waals surface area contributed by atoms with E-state index in [9.17, 15) is 4.79 Å². The number of ether oxygens (including phenoxy) is 2. The maximum Gasteiger partial charge on any atom is 0.355 e. The average molecular weight is 333 g/mol. The fourth-order valence-electron chi connectivity index (χ4n) is 2.12. The molecule has 22 heavy (non-hydrogen) atoms. The van der Waals surface area contributed by atoms with Crippen molar-refractivity contribution < 1.29 is 14.3 Å². The predicted molar refractivity (Wildman–Crippen MR) is 89.5 cm³/mol. The Hall–Kier alpha value is -2.04. The van der Waals surface area contributed by atoms with Crippen LogP contribution in [0.25, 0.3) is 10.1 Å². The number of fused-ring (bicyclic) bond motifs is 1. The van der Waals surface area contributed by atoms with Gasteiger partial charge in [0.05, 0.1) is 12.1 Å². The van der Waals surface area contributed by atoms with Crippen LogP contribution in [0.3, 0.4) is 0 Å². The lowest BCUT2D eigenvalue weighted by atomic mass is 10.2. The van der Waals surface area contributed by atoms with Crippen molar-refractivity contribution in [1.29, 1.82) is 0 Å². The molecule has 1 heterocycles. The van der Waals surface area contributed by atoms with E-state index in [1.165, 1.54) is 11.3 Å². The second kappa shape index (κ2) is 5.99. The minimum atomic E-state index is -0.445. The van der Waals surface area contributed by atoms with Crippen LogP contribution in [0.2, 0.25) is 5.02 Å². The Morgan fingerprint density at radius 1 is 1.18 bits per heavy atom. The molecule has 0 N–H and O–H groups in total. The van der Waals surface area contributed by atoms with E-state index in [0.29, 0.717) is 21.4 Å². The van der Waals surface area contributed by atoms with Crippen LogP contribution in [0.1, 0.15) is 15.2 Å². The molecule has 3 rings (SSSR count). The molecule has 0 saturated heterocycles. The first-order chi connectivity index (χ1) is 10.6. The van der Waals surface area contributed by atoms with Crippen LogP contribution in [-0.2, 0) is 0 Å². The molecule has 0 fully saturated rings. The lowest BCUT2D eigenvalue weighted by molar-refractivity contribution is 0.0739. The summed E-state index contributed by atoms with van der Waals surface area (Å²) in [5.74, 6) is 0.795. The van der Waals surface area contributed by atoms with Gasteiger partial charge in [-0.1, -0.05) is 29.8 Å². The van der Waals surface area contributed by atoms with Crippen molar-refractivity contribution in [3.05, 3.63) is 57.9 Å². The Bertz CT molecular complexity index is 854. The second-order valence-corrected chi connectivity index (χ2v) is 6.19. The van der Waals surface area contributed by atoms with E-state index in [0.717, 1.165) is 15.6 Å². The van der Waals surface area contributed by atoms with Crippen LogP contribution in [0.5, 0.6) is 11.5 Å². The summed E-state index contributed by atoms with van der Waals surface area (Å²) >= 11 is 7.66. The van der Waals surface area contributed by atoms with Crippen molar-refractivity contribution in [3.8, 4) is 11.5 Å². The molecule has 3 aromatic rings. The third-order valence-electron chi connectivity index (χ3n) is 3.32. The molecule has 112 valence electrons. The van der Waals surface area contributed by atoms with Crippen LogP contribution in [-0.4, -0.2) is 13.1 Å². The number of carbonyl (C=O) groups excluding carboxylic acids is 1. The van der Waals surface area contributed by atoms with Gasteiger partial charge in [0, 0.05) is 10.1 Å². The molecule has 0 aliphatic heterocycles. The van der Waals surface area contributed by atoms with Crippen LogP contribution < -0.4 is 9.47 Å². The zero-order valence-corrected chi connectivity index (χ0v) is 13.6. The zero-order chi connectivity index (χ0) is 15.7. The summed E-state index contributed by atoms with van der Waals surface area (Å²) in [7, 11) is 1.59. The molecular formula is C17H13ClO3S. The number of esters is 1. The van der Waals surface area contributed by atoms with Gasteiger partial charge in [0.25, 0.3) is 0 Å². The van der Waals surface area contributed by atoms with Crippen LogP contribution in [0.4, 0.5) is 0 Å². The highest BCUT2D eigenvalue weighted by Crippen LogP contribution is 2.38. The molecule has 5 heteroatoms. The Kier molecular flexibility index (Phi) is 4.05. The first-order valence-corrected chi connectivity index (χ1v) is 7.83. The zero-order valence-electron chi connectivity index (χ0n) is 12.1. The largest absolute Gasteiger partial charge is 0.497 e. The molecule has 2 aromatic carbocycles. The number of hydrogen-bond donors (Lipinski definition) is 0. The molecule has 0 atom stereocenters. The molecule has 1 aromatic heterocycles. The average Bonchev–Trinajstić information content (AvgIpc) is 2.86. The number of para-hydroxylation sites is 1. The fourth-order valence-corrected chi connectivity index (χ4v) is 3.48. The van der Waals surface area contributed by atoms with Gasteiger partial charge in [-0.3, -0.25) is 0 Å². The first kappa shape index (κ1) is 14.9. The van der Waals surface area contributed by atoms with E-state index in [4.69, 9.17) is 21.1 Å². The number of benzene rings is 2. The summed E-state index contributed by atoms with van der Waals surface area (Å²) in [5, 5.41) is 1.19. The van der Waals surface area contributed by atoms with Gasteiger partial charge < -0.3 is 9.47 Å². The van der Waals surface area contributed by atoms with Crippen molar-refractivity contribution in [3.63, 3.8) is 0 Å². The molecule has 0 bridgehead atoms. The van der Waals surface area contributed by atoms with Gasteiger partial charge in [-0.25, -0.2) is 4.79 Å². The van der Waals surface area contributed by atoms with E-state index in [1.54, 1.807) is 13.2 Å². The predicted octanol–water partition coefficient (Wildman–Crippen LogP) is 5.09. The molecule has 0 amide bonds. The van der Waals surface area contributed by atoms with E-state index >= 15 is 0 Å². The smallest absolute Gasteiger partial charge is 0.355 e. The lowest BCUT2D eigenvalue weighted by Gasteiger charge is -2.05. The topological polar surface area (TPSA) is 35.5 Å². The molecule has 0 saturated carbocycles. The molecule has 0 spiro atoms. The first-order valence-electron chi connectivity index (χ1n) is 6.64. The standard InChI is InChI=1S/C17H13ClO3S/c1-10-5-3-4-6-13(10)21-17(19)16-15(18)12-9-11(20-2)7-8-14(12)22-16/h3-9H,1-2H3. The van der Waals surface area contributed by atoms with E-state index in [2.05, 4.69) is 0 Å². The summed E-state index contributed by atoms with van der Waals surface area (Å²) in [6.45, 7) is 1.89. The molecule has 3 nitrogen and oxygen atoms in total. The van der Waals surface area contributed by atoms with E-state index < -0.39 is 5.97 Å². The van der Waals surface area contributed by atoms with Crippen LogP contribution >= 0.6 is 22.9 Å². The maximum absolute atomic E-state index is 12.4. The van der Waals surface area contributed by atoms with Crippen molar-refractivity contribution >= 4 is 39.0 Å². The minimum absolute atomic E-state index is 0.396. The number of hydrogen-bond acceptors (Lipinski definition) is 4. The third kappa shape index (κ3) is 2.67. The van der Waals surface area contributed by atoms with Gasteiger partial charge in [-0.15, -0.1) is 11.3 Å². The van der Waals surface area contributed by atoms with Gasteiger partial charge in [0.15, 0.2) is 0 Å². The van der Waals surface area contributed by atoms with Crippen molar-refractivity contribution in [2.45, 2.75) is 6.92 Å². The van der Waals surface area contributed by atoms with Crippen molar-refractivity contribution in [1.82, 2.24) is 0 Å². The number of methoxy groups -OCH3 is 1. The van der Waals surface area contributed by atoms with E-state index in [1.807, 2.05) is 43.3 Å². The number of rotatable bonds is 3. The highest BCUT2D eigenvalue weighted by molar-refractivity contribution is 7.21. The molecular weight excluding hydrogens is 320 g/mol. The minimum Gasteiger partial charge on any atom is -0.497 e. The van der Waals surface area contributed by atoms with Crippen molar-refractivity contribution in [2.24, 2.45) is 0 Å². The summed E-state index contributed by atoms with van der Waals surface area (Å²) in [4.78, 5) is 12.8. The molecule has 0 unspecified atom stereocenters. The summed E-state index contributed by atoms with van der Waals surface area (Å²) in [6, 6.07) is 12.9. The Morgan fingerprint density at radius 2 is 1.95 bits per heavy atom. The highest BCUT2D eigenvalue weighted by atomic mass is 35.5. The van der Waals surface area contributed by atoms with Gasteiger partial charge in [-0.05, 0) is 36.8 Å². The van der Waals surface area contributed by atoms with Gasteiger partial charge in [-0.2, -0.15) is 0 Å². The van der Waals surface area contributed by atoms with Crippen molar-refractivity contribution in [2.75, 3.05) is 7.11 Å². The number of aryl methyl sites for hydroxylation is 1. The van der Waals surface area contributed by atoms with Crippen LogP contribution in [0, 0.1) is 6.92 Å². The van der Waals surface area contributed by atoms with Gasteiger partial charge >= 0.3 is 5.97 Å². The normalized spacial score (nSPS) is 10.7. The Balaban J connectivity index is 1.97. The quantitative estimate of drug-likeness (QED) is 0.495. The fraction of sp³-hybridized carbons (Fsp3) is 0.118. The summed E-state index contributed by atoms with van der Waals surface area (Å²) < 4.78 is 11.6. The lowest BCUT2D eigenvalue weighted by Crippen LogP contribution is -2.07. The monoisotopic (exact) mass is 332 g/mol.